The van der Waals surface area contributed by atoms with Crippen molar-refractivity contribution in [1.29, 1.82) is 0 Å². The highest BCUT2D eigenvalue weighted by atomic mass is 16.7. The molecule has 0 unspecified atom stereocenters. The number of benzene rings is 1. The first-order chi connectivity index (χ1) is 7.15. The summed E-state index contributed by atoms with van der Waals surface area (Å²) in [7, 11) is 0. The van der Waals surface area contributed by atoms with Crippen molar-refractivity contribution in [2.45, 2.75) is 38.8 Å². The maximum absolute atomic E-state index is 9.14. The second-order valence-corrected chi connectivity index (χ2v) is 3.98. The molecule has 1 aliphatic heterocycles. The Balaban J connectivity index is 1.95. The molecule has 0 amide bonds. The van der Waals surface area contributed by atoms with Crippen molar-refractivity contribution in [1.82, 2.24) is 0 Å². The molecule has 2 rings (SSSR count). The van der Waals surface area contributed by atoms with E-state index in [1.807, 2.05) is 26.0 Å². The molecule has 2 atom stereocenters. The standard InChI is InChI=1S/C12H16O3/c1-8-9(2)15-12(14-8)7-10-3-5-11(13)6-4-10/h3-6,8-9,12-13H,7H2,1-2H3/t8-,9-/m0/s1. The number of hydrogen-bond donors (Lipinski definition) is 1. The van der Waals surface area contributed by atoms with Crippen LogP contribution in [-0.4, -0.2) is 23.6 Å². The minimum Gasteiger partial charge on any atom is -0.508 e. The lowest BCUT2D eigenvalue weighted by Crippen LogP contribution is -2.13. The maximum Gasteiger partial charge on any atom is 0.162 e. The Morgan fingerprint density at radius 1 is 1.07 bits per heavy atom. The largest absolute Gasteiger partial charge is 0.508 e. The van der Waals surface area contributed by atoms with E-state index in [9.17, 15) is 0 Å². The summed E-state index contributed by atoms with van der Waals surface area (Å²) in [6, 6.07) is 7.12. The molecule has 0 aliphatic carbocycles. The van der Waals surface area contributed by atoms with E-state index in [4.69, 9.17) is 14.6 Å². The smallest absolute Gasteiger partial charge is 0.162 e. The second-order valence-electron chi connectivity index (χ2n) is 3.98. The molecule has 1 saturated heterocycles. The third-order valence-electron chi connectivity index (χ3n) is 2.73. The molecule has 15 heavy (non-hydrogen) atoms. The predicted octanol–water partition coefficient (Wildman–Crippen LogP) is 2.08. The van der Waals surface area contributed by atoms with E-state index in [1.165, 1.54) is 0 Å². The van der Waals surface area contributed by atoms with E-state index >= 15 is 0 Å². The first-order valence-corrected chi connectivity index (χ1v) is 5.24. The number of phenolic OH excluding ortho intramolecular Hbond substituents is 1. The van der Waals surface area contributed by atoms with E-state index in [0.717, 1.165) is 12.0 Å². The van der Waals surface area contributed by atoms with Gasteiger partial charge in [-0.25, -0.2) is 0 Å². The summed E-state index contributed by atoms with van der Waals surface area (Å²) >= 11 is 0. The van der Waals surface area contributed by atoms with E-state index in [0.29, 0.717) is 0 Å². The molecule has 1 heterocycles. The summed E-state index contributed by atoms with van der Waals surface area (Å²) in [5, 5.41) is 9.14. The molecule has 0 aromatic heterocycles. The third-order valence-corrected chi connectivity index (χ3v) is 2.73. The van der Waals surface area contributed by atoms with E-state index in [1.54, 1.807) is 12.1 Å². The van der Waals surface area contributed by atoms with Gasteiger partial charge in [-0.3, -0.25) is 0 Å². The van der Waals surface area contributed by atoms with Gasteiger partial charge < -0.3 is 14.6 Å². The molecule has 3 heteroatoms. The van der Waals surface area contributed by atoms with Crippen molar-refractivity contribution in [3.8, 4) is 5.75 Å². The normalized spacial score (nSPS) is 27.1. The van der Waals surface area contributed by atoms with E-state index in [-0.39, 0.29) is 24.2 Å². The van der Waals surface area contributed by atoms with Crippen LogP contribution < -0.4 is 0 Å². The molecule has 0 radical (unpaired) electrons. The van der Waals surface area contributed by atoms with E-state index < -0.39 is 0 Å². The van der Waals surface area contributed by atoms with Gasteiger partial charge in [0, 0.05) is 6.42 Å². The van der Waals surface area contributed by atoms with Gasteiger partial charge in [-0.2, -0.15) is 0 Å². The fourth-order valence-corrected chi connectivity index (χ4v) is 1.65. The molecule has 1 N–H and O–H groups in total. The Morgan fingerprint density at radius 3 is 2.13 bits per heavy atom. The monoisotopic (exact) mass is 208 g/mol. The van der Waals surface area contributed by atoms with Crippen molar-refractivity contribution in [2.75, 3.05) is 0 Å². The lowest BCUT2D eigenvalue weighted by Gasteiger charge is -2.09. The van der Waals surface area contributed by atoms with Crippen molar-refractivity contribution < 1.29 is 14.6 Å². The van der Waals surface area contributed by atoms with Gasteiger partial charge in [0.25, 0.3) is 0 Å². The SMILES string of the molecule is C[C@@H]1OC(Cc2ccc(O)cc2)O[C@H]1C. The highest BCUT2D eigenvalue weighted by Gasteiger charge is 2.29. The first-order valence-electron chi connectivity index (χ1n) is 5.24. The fourth-order valence-electron chi connectivity index (χ4n) is 1.65. The quantitative estimate of drug-likeness (QED) is 0.808. The van der Waals surface area contributed by atoms with Gasteiger partial charge in [-0.1, -0.05) is 12.1 Å². The summed E-state index contributed by atoms with van der Waals surface area (Å²) < 4.78 is 11.2. The highest BCUT2D eigenvalue weighted by Crippen LogP contribution is 2.22. The number of hydrogen-bond acceptors (Lipinski definition) is 3. The van der Waals surface area contributed by atoms with Gasteiger partial charge in [-0.05, 0) is 31.5 Å². The Morgan fingerprint density at radius 2 is 1.60 bits per heavy atom. The van der Waals surface area contributed by atoms with Crippen LogP contribution in [0, 0.1) is 0 Å². The lowest BCUT2D eigenvalue weighted by atomic mass is 10.1. The summed E-state index contributed by atoms with van der Waals surface area (Å²) in [6.07, 6.45) is 0.897. The molecule has 1 aromatic carbocycles. The van der Waals surface area contributed by atoms with Crippen LogP contribution in [0.2, 0.25) is 0 Å². The van der Waals surface area contributed by atoms with Crippen LogP contribution in [0.5, 0.6) is 5.75 Å². The lowest BCUT2D eigenvalue weighted by molar-refractivity contribution is -0.0607. The van der Waals surface area contributed by atoms with Gasteiger partial charge in [0.15, 0.2) is 6.29 Å². The van der Waals surface area contributed by atoms with Crippen LogP contribution >= 0.6 is 0 Å². The van der Waals surface area contributed by atoms with Crippen LogP contribution in [-0.2, 0) is 15.9 Å². The first kappa shape index (κ1) is 10.5. The van der Waals surface area contributed by atoms with Crippen LogP contribution in [0.3, 0.4) is 0 Å². The molecule has 3 nitrogen and oxygen atoms in total. The minimum absolute atomic E-state index is 0.153. The number of phenols is 1. The van der Waals surface area contributed by atoms with E-state index in [2.05, 4.69) is 0 Å². The topological polar surface area (TPSA) is 38.7 Å². The molecule has 82 valence electrons. The number of aromatic hydroxyl groups is 1. The zero-order chi connectivity index (χ0) is 10.8. The molecule has 1 aromatic rings. The second kappa shape index (κ2) is 4.21. The summed E-state index contributed by atoms with van der Waals surface area (Å²) in [4.78, 5) is 0. The van der Waals surface area contributed by atoms with Gasteiger partial charge in [0.1, 0.15) is 5.75 Å². The summed E-state index contributed by atoms with van der Waals surface area (Å²) in [5.41, 5.74) is 1.11. The number of ether oxygens (including phenoxy) is 2. The van der Waals surface area contributed by atoms with Crippen molar-refractivity contribution in [2.24, 2.45) is 0 Å². The number of rotatable bonds is 2. The van der Waals surface area contributed by atoms with Gasteiger partial charge in [0.05, 0.1) is 12.2 Å². The van der Waals surface area contributed by atoms with Crippen molar-refractivity contribution in [3.63, 3.8) is 0 Å². The zero-order valence-electron chi connectivity index (χ0n) is 9.01. The van der Waals surface area contributed by atoms with Crippen LogP contribution in [0.4, 0.5) is 0 Å². The molecule has 1 fully saturated rings. The van der Waals surface area contributed by atoms with Crippen molar-refractivity contribution in [3.05, 3.63) is 29.8 Å². The minimum atomic E-state index is -0.153. The van der Waals surface area contributed by atoms with Gasteiger partial charge in [-0.15, -0.1) is 0 Å². The summed E-state index contributed by atoms with van der Waals surface area (Å²) in [6.45, 7) is 4.03. The third kappa shape index (κ3) is 2.49. The Bertz CT molecular complexity index is 310. The zero-order valence-corrected chi connectivity index (χ0v) is 9.01. The Labute approximate surface area is 89.6 Å². The maximum atomic E-state index is 9.14. The predicted molar refractivity (Wildman–Crippen MR) is 56.7 cm³/mol. The fraction of sp³-hybridized carbons (Fsp3) is 0.500. The molecular weight excluding hydrogens is 192 g/mol. The molecular formula is C12H16O3. The summed E-state index contributed by atoms with van der Waals surface area (Å²) in [5.74, 6) is 0.286. The van der Waals surface area contributed by atoms with Crippen LogP contribution in [0.1, 0.15) is 19.4 Å². The molecule has 1 aliphatic rings. The molecule has 0 spiro atoms. The molecule has 0 saturated carbocycles. The van der Waals surface area contributed by atoms with Crippen LogP contribution in [0.15, 0.2) is 24.3 Å². The van der Waals surface area contributed by atoms with Crippen LogP contribution in [0.25, 0.3) is 0 Å². The Hall–Kier alpha value is -1.06. The highest BCUT2D eigenvalue weighted by molar-refractivity contribution is 5.26. The average Bonchev–Trinajstić information content (AvgIpc) is 2.50. The average molecular weight is 208 g/mol. The van der Waals surface area contributed by atoms with Gasteiger partial charge >= 0.3 is 0 Å². The van der Waals surface area contributed by atoms with Gasteiger partial charge in [0.2, 0.25) is 0 Å². The molecule has 0 bridgehead atoms. The Kier molecular flexibility index (Phi) is 2.93. The van der Waals surface area contributed by atoms with Crippen molar-refractivity contribution >= 4 is 0 Å².